The van der Waals surface area contributed by atoms with E-state index in [1.807, 2.05) is 0 Å². The number of unbranched alkanes of at least 4 members (excludes halogenated alkanes) is 2. The molecule has 0 saturated heterocycles. The quantitative estimate of drug-likeness (QED) is 0.0287. The number of Topliss-reactive ketones (excluding diaryl/α,β-unsaturated/α-hetero) is 1. The van der Waals surface area contributed by atoms with Gasteiger partial charge in [0.25, 0.3) is 17.4 Å². The van der Waals surface area contributed by atoms with E-state index in [-0.39, 0.29) is 73.9 Å². The summed E-state index contributed by atoms with van der Waals surface area (Å²) in [6.07, 6.45) is 5.21. The van der Waals surface area contributed by atoms with Gasteiger partial charge in [-0.2, -0.15) is 0 Å². The summed E-state index contributed by atoms with van der Waals surface area (Å²) in [5, 5.41) is 27.6. The number of amides is 8. The Morgan fingerprint density at radius 1 is 0.827 bits per heavy atom. The van der Waals surface area contributed by atoms with Crippen molar-refractivity contribution in [3.8, 4) is 11.4 Å². The predicted octanol–water partition coefficient (Wildman–Crippen LogP) is 0.741. The summed E-state index contributed by atoms with van der Waals surface area (Å²) in [4.78, 5) is 134. The lowest BCUT2D eigenvalue weighted by Gasteiger charge is -2.32. The summed E-state index contributed by atoms with van der Waals surface area (Å²) < 4.78 is 22.4. The average molecular weight is 1030 g/mol. The first-order valence-electron chi connectivity index (χ1n) is 25.0. The van der Waals surface area contributed by atoms with Crippen molar-refractivity contribution < 1.29 is 57.4 Å². The third-order valence-electron chi connectivity index (χ3n) is 14.1. The van der Waals surface area contributed by atoms with E-state index in [1.54, 1.807) is 54.8 Å². The maximum absolute atomic E-state index is 15.4. The molecule has 4 aliphatic rings. The summed E-state index contributed by atoms with van der Waals surface area (Å²) in [5.41, 5.74) is 2.76. The number of carbonyl (C=O) groups excluding carboxylic acids is 9. The van der Waals surface area contributed by atoms with E-state index < -0.39 is 91.9 Å². The number of nitrogens with zero attached hydrogens (tertiary/aromatic N) is 3. The molecule has 394 valence electrons. The number of hydrogen-bond donors (Lipinski definition) is 7. The van der Waals surface area contributed by atoms with Gasteiger partial charge in [-0.15, -0.1) is 0 Å². The molecule has 0 fully saturated rings. The van der Waals surface area contributed by atoms with Crippen LogP contribution >= 0.6 is 0 Å². The molecule has 0 saturated carbocycles. The average Bonchev–Trinajstić information content (AvgIpc) is 3.98. The lowest BCUT2D eigenvalue weighted by atomic mass is 9.77. The topological polar surface area (TPSA) is 293 Å². The van der Waals surface area contributed by atoms with Crippen molar-refractivity contribution in [1.29, 1.82) is 0 Å². The highest BCUT2D eigenvalue weighted by Crippen LogP contribution is 2.46. The zero-order valence-corrected chi connectivity index (χ0v) is 41.5. The molecule has 0 bridgehead atoms. The molecule has 2 aliphatic heterocycles. The van der Waals surface area contributed by atoms with Crippen LogP contribution in [0.15, 0.2) is 59.4 Å². The smallest absolute Gasteiger partial charge is 0.254 e. The molecule has 4 aromatic rings. The summed E-state index contributed by atoms with van der Waals surface area (Å²) in [5.74, 6) is -5.23. The van der Waals surface area contributed by atoms with E-state index in [9.17, 15) is 53.1 Å². The van der Waals surface area contributed by atoms with Gasteiger partial charge in [0.15, 0.2) is 5.78 Å². The van der Waals surface area contributed by atoms with E-state index in [0.29, 0.717) is 82.2 Å². The number of halogens is 1. The second-order valence-electron chi connectivity index (χ2n) is 19.0. The van der Waals surface area contributed by atoms with Crippen LogP contribution in [-0.4, -0.2) is 118 Å². The van der Waals surface area contributed by atoms with Gasteiger partial charge in [-0.05, 0) is 73.8 Å². The lowest BCUT2D eigenvalue weighted by Crippen LogP contribution is -2.52. The Balaban J connectivity index is 0.805. The van der Waals surface area contributed by atoms with Gasteiger partial charge in [-0.1, -0.05) is 43.7 Å². The molecule has 0 radical (unpaired) electrons. The molecule has 75 heavy (non-hydrogen) atoms. The Morgan fingerprint density at radius 3 is 2.28 bits per heavy atom. The normalized spacial score (nSPS) is 17.5. The molecule has 2 aliphatic carbocycles. The van der Waals surface area contributed by atoms with Gasteiger partial charge >= 0.3 is 0 Å². The number of rotatable bonds is 22. The number of nitrogens with one attached hydrogen (secondary N) is 6. The van der Waals surface area contributed by atoms with Gasteiger partial charge in [0.1, 0.15) is 30.8 Å². The van der Waals surface area contributed by atoms with Crippen LogP contribution in [0.3, 0.4) is 0 Å². The Bertz CT molecular complexity index is 3090. The highest BCUT2D eigenvalue weighted by atomic mass is 19.1. The Hall–Kier alpha value is -7.98. The fraction of sp³-hybridized carbons (Fsp3) is 0.415. The standard InChI is InChI=1S/C53H58FN9O12/c1-3-53(74)34-21-39-50-33(26-63(39)52(73)32(34)14-16-40(53)64)49-36(15-13-31-29(2)35(54)22-37(61-50)48(31)49)59-45(69)27-75-28-58-43(67)24-57-51(72)38(20-30-10-6-4-7-11-30)60-44(68)25-56-42(66)23-55-41(65)12-8-5-9-19-62-46(70)17-18-47(62)71/h4,6-7,10-11,17-18,21-22,36,38,74H,3,5,8-9,12-16,19-20,23-28H2,1-2H3,(H,55,65)(H,56,66)(H,57,72)(H,58,67)(H,59,69)(H,60,68)/t36-,38-,53-/m0/s1. The summed E-state index contributed by atoms with van der Waals surface area (Å²) in [7, 11) is 0. The maximum Gasteiger partial charge on any atom is 0.254 e. The van der Waals surface area contributed by atoms with Gasteiger partial charge in [0, 0.05) is 66.1 Å². The Kier molecular flexibility index (Phi) is 16.4. The van der Waals surface area contributed by atoms with Gasteiger partial charge in [0.2, 0.25) is 35.4 Å². The molecule has 0 spiro atoms. The van der Waals surface area contributed by atoms with Gasteiger partial charge < -0.3 is 46.3 Å². The van der Waals surface area contributed by atoms with Crippen LogP contribution < -0.4 is 37.5 Å². The third-order valence-corrected chi connectivity index (χ3v) is 14.1. The maximum atomic E-state index is 15.4. The highest BCUT2D eigenvalue weighted by molar-refractivity contribution is 6.12. The number of ketones is 1. The minimum Gasteiger partial charge on any atom is -0.377 e. The van der Waals surface area contributed by atoms with E-state index in [1.165, 1.54) is 18.2 Å². The molecule has 8 amide bonds. The van der Waals surface area contributed by atoms with Crippen molar-refractivity contribution in [2.75, 3.05) is 39.5 Å². The Morgan fingerprint density at radius 2 is 1.53 bits per heavy atom. The lowest BCUT2D eigenvalue weighted by molar-refractivity contribution is -0.140. The van der Waals surface area contributed by atoms with Crippen LogP contribution in [0.2, 0.25) is 0 Å². The molecule has 22 heteroatoms. The van der Waals surface area contributed by atoms with Gasteiger partial charge in [-0.3, -0.25) is 52.8 Å². The number of ether oxygens (including phenoxy) is 1. The molecule has 3 atom stereocenters. The van der Waals surface area contributed by atoms with Crippen molar-refractivity contribution in [1.82, 2.24) is 46.4 Å². The molecule has 7 N–H and O–H groups in total. The van der Waals surface area contributed by atoms with Crippen LogP contribution in [0, 0.1) is 12.7 Å². The second kappa shape index (κ2) is 23.1. The number of aromatic nitrogens is 2. The second-order valence-corrected chi connectivity index (χ2v) is 19.0. The van der Waals surface area contributed by atoms with Crippen LogP contribution in [-0.2, 0) is 79.3 Å². The van der Waals surface area contributed by atoms with Crippen molar-refractivity contribution in [3.63, 3.8) is 0 Å². The zero-order chi connectivity index (χ0) is 53.6. The van der Waals surface area contributed by atoms with Crippen LogP contribution in [0.25, 0.3) is 22.3 Å². The minimum absolute atomic E-state index is 0.0284. The highest BCUT2D eigenvalue weighted by Gasteiger charge is 2.44. The molecule has 4 heterocycles. The molecule has 2 aromatic carbocycles. The number of aliphatic hydroxyl groups is 1. The van der Waals surface area contributed by atoms with E-state index >= 15 is 4.39 Å². The monoisotopic (exact) mass is 1030 g/mol. The minimum atomic E-state index is -1.83. The third kappa shape index (κ3) is 11.7. The van der Waals surface area contributed by atoms with Crippen molar-refractivity contribution in [2.24, 2.45) is 0 Å². The first-order chi connectivity index (χ1) is 36.0. The molecule has 0 unspecified atom stereocenters. The van der Waals surface area contributed by atoms with Crippen LogP contribution in [0.1, 0.15) is 96.9 Å². The number of aryl methyl sites for hydroxylation is 1. The fourth-order valence-electron chi connectivity index (χ4n) is 10.1. The summed E-state index contributed by atoms with van der Waals surface area (Å²) in [6, 6.07) is 9.97. The number of benzene rings is 2. The first kappa shape index (κ1) is 53.3. The predicted molar refractivity (Wildman–Crippen MR) is 266 cm³/mol. The van der Waals surface area contributed by atoms with E-state index in [0.717, 1.165) is 10.5 Å². The fourth-order valence-corrected chi connectivity index (χ4v) is 10.1. The summed E-state index contributed by atoms with van der Waals surface area (Å²) >= 11 is 0. The van der Waals surface area contributed by atoms with Gasteiger partial charge in [0.05, 0.1) is 49.1 Å². The van der Waals surface area contributed by atoms with E-state index in [2.05, 4.69) is 31.9 Å². The SMILES string of the molecule is CC[C@@]1(O)C(=O)CCc2c1cc1n(c2=O)Cc2c-1nc1cc(F)c(C)c3c1c2[C@@H](NC(=O)COCNC(=O)CNC(=O)[C@H](Cc1ccccc1)NC(=O)CNC(=O)CNC(=O)CCCCCN1C(=O)C=CC1=O)CC3. The zero-order valence-electron chi connectivity index (χ0n) is 41.5. The largest absolute Gasteiger partial charge is 0.377 e. The van der Waals surface area contributed by atoms with E-state index in [4.69, 9.17) is 9.72 Å². The van der Waals surface area contributed by atoms with Crippen molar-refractivity contribution >= 4 is 63.9 Å². The molecule has 2 aromatic heterocycles. The molecule has 8 rings (SSSR count). The number of pyridine rings is 2. The molecular formula is C53H58FN9O12. The van der Waals surface area contributed by atoms with Crippen molar-refractivity contribution in [3.05, 3.63) is 110 Å². The molecule has 21 nitrogen and oxygen atoms in total. The Labute approximate surface area is 429 Å². The van der Waals surface area contributed by atoms with Crippen molar-refractivity contribution in [2.45, 2.75) is 102 Å². The van der Waals surface area contributed by atoms with Crippen LogP contribution in [0.4, 0.5) is 4.39 Å². The summed E-state index contributed by atoms with van der Waals surface area (Å²) in [6.45, 7) is 1.39. The number of imide groups is 1. The number of hydrogen-bond acceptors (Lipinski definition) is 13. The van der Waals surface area contributed by atoms with Crippen LogP contribution in [0.5, 0.6) is 0 Å². The van der Waals surface area contributed by atoms with Gasteiger partial charge in [-0.25, -0.2) is 9.37 Å². The number of carbonyl (C=O) groups is 9. The number of fused-ring (bicyclic) bond motifs is 5. The first-order valence-corrected chi connectivity index (χ1v) is 25.0. The molecular weight excluding hydrogens is 974 g/mol.